The zero-order valence-electron chi connectivity index (χ0n) is 9.30. The molecule has 15 heavy (non-hydrogen) atoms. The Kier molecular flexibility index (Phi) is 4.70. The predicted molar refractivity (Wildman–Crippen MR) is 55.8 cm³/mol. The molecule has 0 saturated carbocycles. The van der Waals surface area contributed by atoms with Gasteiger partial charge >= 0.3 is 0 Å². The summed E-state index contributed by atoms with van der Waals surface area (Å²) in [5.41, 5.74) is 2.67. The van der Waals surface area contributed by atoms with Crippen molar-refractivity contribution in [1.82, 2.24) is 15.0 Å². The van der Waals surface area contributed by atoms with Crippen LogP contribution >= 0.6 is 0 Å². The average molecular weight is 214 g/mol. The highest BCUT2D eigenvalue weighted by atomic mass is 16.7. The Labute approximate surface area is 89.3 Å². The van der Waals surface area contributed by atoms with E-state index in [-0.39, 0.29) is 12.3 Å². The first-order chi connectivity index (χ1) is 7.22. The molecule has 0 aliphatic heterocycles. The lowest BCUT2D eigenvalue weighted by molar-refractivity contribution is -0.123. The molecule has 1 aromatic heterocycles. The molecule has 1 atom stereocenters. The topological polar surface area (TPSA) is 74.3 Å². The summed E-state index contributed by atoms with van der Waals surface area (Å²) in [6.07, 6.45) is 3.90. The summed E-state index contributed by atoms with van der Waals surface area (Å²) in [6.45, 7) is 0. The first-order valence-corrected chi connectivity index (χ1v) is 4.70. The number of imidazole rings is 1. The van der Waals surface area contributed by atoms with Gasteiger partial charge in [-0.25, -0.2) is 4.98 Å². The number of hydrogen-bond donors (Lipinski definition) is 2. The molecule has 1 heterocycles. The van der Waals surface area contributed by atoms with Crippen LogP contribution in [0.4, 0.5) is 0 Å². The molecule has 1 unspecified atom stereocenters. The van der Waals surface area contributed by atoms with Crippen LogP contribution in [0.15, 0.2) is 12.4 Å². The molecule has 1 rings (SSSR count). The van der Waals surface area contributed by atoms with Crippen LogP contribution in [-0.4, -0.2) is 36.1 Å². The Morgan fingerprint density at radius 1 is 1.53 bits per heavy atom. The van der Waals surface area contributed by atoms with Crippen LogP contribution in [-0.2, 0) is 22.9 Å². The number of ether oxygens (including phenoxy) is 2. The summed E-state index contributed by atoms with van der Waals surface area (Å²) in [7, 11) is 5.10. The minimum Gasteiger partial charge on any atom is -0.354 e. The van der Waals surface area contributed by atoms with E-state index in [1.165, 1.54) is 0 Å². The molecule has 1 aromatic rings. The standard InChI is InChI=1S/C9H18N4O2/c1-13-5-4-11-8(13)6-7(12-10)9(14-2)15-3/h4-5,7,9,12H,6,10H2,1-3H3. The smallest absolute Gasteiger partial charge is 0.173 e. The van der Waals surface area contributed by atoms with Gasteiger partial charge in [-0.3, -0.25) is 11.3 Å². The molecule has 0 aliphatic rings. The monoisotopic (exact) mass is 214 g/mol. The summed E-state index contributed by atoms with van der Waals surface area (Å²) in [6, 6.07) is -0.124. The molecule has 0 radical (unpaired) electrons. The van der Waals surface area contributed by atoms with Gasteiger partial charge in [0, 0.05) is 40.1 Å². The van der Waals surface area contributed by atoms with Gasteiger partial charge in [0.25, 0.3) is 0 Å². The predicted octanol–water partition coefficient (Wildman–Crippen LogP) is -0.587. The minimum atomic E-state index is -0.383. The van der Waals surface area contributed by atoms with E-state index >= 15 is 0 Å². The van der Waals surface area contributed by atoms with E-state index < -0.39 is 0 Å². The number of aryl methyl sites for hydroxylation is 1. The normalized spacial score (nSPS) is 13.4. The summed E-state index contributed by atoms with van der Waals surface area (Å²) in [5, 5.41) is 0. The first kappa shape index (κ1) is 12.1. The molecule has 0 aliphatic carbocycles. The zero-order valence-corrected chi connectivity index (χ0v) is 9.30. The molecule has 0 saturated heterocycles. The van der Waals surface area contributed by atoms with Crippen LogP contribution in [0.3, 0.4) is 0 Å². The maximum absolute atomic E-state index is 5.44. The van der Waals surface area contributed by atoms with Crippen molar-refractivity contribution in [1.29, 1.82) is 0 Å². The fourth-order valence-electron chi connectivity index (χ4n) is 1.45. The summed E-state index contributed by atoms with van der Waals surface area (Å²) in [5.74, 6) is 6.37. The molecular formula is C9H18N4O2. The van der Waals surface area contributed by atoms with E-state index in [0.717, 1.165) is 5.82 Å². The van der Waals surface area contributed by atoms with E-state index in [1.54, 1.807) is 20.4 Å². The Morgan fingerprint density at radius 2 is 2.20 bits per heavy atom. The fourth-order valence-corrected chi connectivity index (χ4v) is 1.45. The van der Waals surface area contributed by atoms with Gasteiger partial charge in [-0.2, -0.15) is 0 Å². The van der Waals surface area contributed by atoms with Gasteiger partial charge in [0.15, 0.2) is 6.29 Å². The van der Waals surface area contributed by atoms with Crippen LogP contribution in [0.2, 0.25) is 0 Å². The molecule has 0 fully saturated rings. The number of nitrogens with zero attached hydrogens (tertiary/aromatic N) is 2. The van der Waals surface area contributed by atoms with Crippen LogP contribution in [0.1, 0.15) is 5.82 Å². The second-order valence-corrected chi connectivity index (χ2v) is 3.27. The third-order valence-electron chi connectivity index (χ3n) is 2.33. The Balaban J connectivity index is 2.64. The highest BCUT2D eigenvalue weighted by Gasteiger charge is 2.21. The number of nitrogens with two attached hydrogens (primary N) is 1. The molecule has 6 nitrogen and oxygen atoms in total. The van der Waals surface area contributed by atoms with Crippen molar-refractivity contribution < 1.29 is 9.47 Å². The Morgan fingerprint density at radius 3 is 2.60 bits per heavy atom. The van der Waals surface area contributed by atoms with Crippen LogP contribution in [0, 0.1) is 0 Å². The Hall–Kier alpha value is -0.950. The minimum absolute atomic E-state index is 0.124. The molecule has 3 N–H and O–H groups in total. The van der Waals surface area contributed by atoms with E-state index in [2.05, 4.69) is 10.4 Å². The third kappa shape index (κ3) is 3.00. The lowest BCUT2D eigenvalue weighted by atomic mass is 10.2. The second-order valence-electron chi connectivity index (χ2n) is 3.27. The van der Waals surface area contributed by atoms with Gasteiger partial charge in [-0.1, -0.05) is 0 Å². The van der Waals surface area contributed by atoms with E-state index in [4.69, 9.17) is 15.3 Å². The molecule has 0 spiro atoms. The maximum atomic E-state index is 5.44. The first-order valence-electron chi connectivity index (χ1n) is 4.70. The van der Waals surface area contributed by atoms with Crippen molar-refractivity contribution in [2.45, 2.75) is 18.8 Å². The number of hydrogen-bond acceptors (Lipinski definition) is 5. The quantitative estimate of drug-likeness (QED) is 0.376. The average Bonchev–Trinajstić information content (AvgIpc) is 2.64. The molecular weight excluding hydrogens is 196 g/mol. The SMILES string of the molecule is COC(OC)C(Cc1nccn1C)NN. The van der Waals surface area contributed by atoms with E-state index in [1.807, 2.05) is 17.8 Å². The fraction of sp³-hybridized carbons (Fsp3) is 0.667. The van der Waals surface area contributed by atoms with E-state index in [9.17, 15) is 0 Å². The van der Waals surface area contributed by atoms with Crippen LogP contribution in [0.25, 0.3) is 0 Å². The van der Waals surface area contributed by atoms with Gasteiger partial charge in [-0.05, 0) is 0 Å². The van der Waals surface area contributed by atoms with Gasteiger partial charge in [0.2, 0.25) is 0 Å². The summed E-state index contributed by atoms with van der Waals surface area (Å²) < 4.78 is 12.2. The molecule has 6 heteroatoms. The third-order valence-corrected chi connectivity index (χ3v) is 2.33. The molecule has 86 valence electrons. The van der Waals surface area contributed by atoms with Crippen molar-refractivity contribution >= 4 is 0 Å². The number of hydrazine groups is 1. The van der Waals surface area contributed by atoms with Crippen molar-refractivity contribution in [3.05, 3.63) is 18.2 Å². The lowest BCUT2D eigenvalue weighted by Crippen LogP contribution is -2.47. The summed E-state index contributed by atoms with van der Waals surface area (Å²) >= 11 is 0. The van der Waals surface area contributed by atoms with E-state index in [0.29, 0.717) is 6.42 Å². The maximum Gasteiger partial charge on any atom is 0.173 e. The van der Waals surface area contributed by atoms with Gasteiger partial charge in [-0.15, -0.1) is 0 Å². The van der Waals surface area contributed by atoms with Crippen molar-refractivity contribution in [2.75, 3.05) is 14.2 Å². The molecule has 0 aromatic carbocycles. The number of rotatable bonds is 6. The van der Waals surface area contributed by atoms with Crippen LogP contribution < -0.4 is 11.3 Å². The molecule has 0 bridgehead atoms. The number of nitrogens with one attached hydrogen (secondary N) is 1. The Bertz CT molecular complexity index is 285. The highest BCUT2D eigenvalue weighted by Crippen LogP contribution is 2.06. The van der Waals surface area contributed by atoms with Crippen molar-refractivity contribution in [3.63, 3.8) is 0 Å². The largest absolute Gasteiger partial charge is 0.354 e. The molecule has 0 amide bonds. The van der Waals surface area contributed by atoms with Gasteiger partial charge in [0.1, 0.15) is 5.82 Å². The highest BCUT2D eigenvalue weighted by molar-refractivity contribution is 4.95. The van der Waals surface area contributed by atoms with Crippen molar-refractivity contribution in [3.8, 4) is 0 Å². The van der Waals surface area contributed by atoms with Crippen LogP contribution in [0.5, 0.6) is 0 Å². The number of methoxy groups -OCH3 is 2. The number of aromatic nitrogens is 2. The lowest BCUT2D eigenvalue weighted by Gasteiger charge is -2.23. The second kappa shape index (κ2) is 5.82. The summed E-state index contributed by atoms with van der Waals surface area (Å²) in [4.78, 5) is 4.21. The zero-order chi connectivity index (χ0) is 11.3. The van der Waals surface area contributed by atoms with Gasteiger partial charge < -0.3 is 14.0 Å². The van der Waals surface area contributed by atoms with Gasteiger partial charge in [0.05, 0.1) is 6.04 Å². The van der Waals surface area contributed by atoms with Crippen molar-refractivity contribution in [2.24, 2.45) is 12.9 Å².